The van der Waals surface area contributed by atoms with Gasteiger partial charge in [-0.3, -0.25) is 9.97 Å². The molecule has 5 heteroatoms. The maximum atomic E-state index is 4.70. The molecule has 4 aromatic rings. The van der Waals surface area contributed by atoms with Crippen LogP contribution in [-0.4, -0.2) is 27.0 Å². The van der Waals surface area contributed by atoms with Crippen molar-refractivity contribution in [3.8, 4) is 22.5 Å². The minimum Gasteiger partial charge on any atom is -0.373 e. The zero-order valence-electron chi connectivity index (χ0n) is 14.1. The second kappa shape index (κ2) is 6.28. The average Bonchev–Trinajstić information content (AvgIpc) is 2.68. The number of aryl methyl sites for hydroxylation is 1. The SMILES string of the molecule is CNc1nc(-c2cccnc2)nc2ccc(-c3ccc(C)nc3)cc12. The maximum Gasteiger partial charge on any atom is 0.163 e. The standard InChI is InChI=1S/C20H17N5/c1-13-5-6-15(12-23-13)14-7-8-18-17(10-14)20(21-2)25-19(24-18)16-4-3-9-22-11-16/h3-12H,1-2H3,(H,21,24,25). The zero-order chi connectivity index (χ0) is 17.2. The molecule has 0 amide bonds. The first-order valence-electron chi connectivity index (χ1n) is 8.07. The van der Waals surface area contributed by atoms with Crippen LogP contribution in [0.25, 0.3) is 33.4 Å². The molecule has 0 aliphatic heterocycles. The summed E-state index contributed by atoms with van der Waals surface area (Å²) in [6.45, 7) is 1.98. The van der Waals surface area contributed by atoms with Gasteiger partial charge in [0.1, 0.15) is 5.82 Å². The molecule has 0 unspecified atom stereocenters. The number of hydrogen-bond acceptors (Lipinski definition) is 5. The van der Waals surface area contributed by atoms with Crippen LogP contribution in [0.5, 0.6) is 0 Å². The van der Waals surface area contributed by atoms with Crippen LogP contribution in [0.15, 0.2) is 61.1 Å². The van der Waals surface area contributed by atoms with Crippen molar-refractivity contribution in [2.75, 3.05) is 12.4 Å². The third kappa shape index (κ3) is 2.92. The van der Waals surface area contributed by atoms with Crippen LogP contribution in [0.3, 0.4) is 0 Å². The molecular formula is C20H17N5. The Morgan fingerprint density at radius 2 is 1.76 bits per heavy atom. The molecule has 0 radical (unpaired) electrons. The first-order chi connectivity index (χ1) is 12.2. The Morgan fingerprint density at radius 1 is 0.880 bits per heavy atom. The summed E-state index contributed by atoms with van der Waals surface area (Å²) in [5.74, 6) is 1.46. The highest BCUT2D eigenvalue weighted by Crippen LogP contribution is 2.29. The summed E-state index contributed by atoms with van der Waals surface area (Å²) in [5, 5.41) is 4.16. The van der Waals surface area contributed by atoms with Crippen LogP contribution >= 0.6 is 0 Å². The summed E-state index contributed by atoms with van der Waals surface area (Å²) in [4.78, 5) is 17.9. The molecule has 3 heterocycles. The Bertz CT molecular complexity index is 1030. The molecule has 25 heavy (non-hydrogen) atoms. The number of nitrogens with zero attached hydrogens (tertiary/aromatic N) is 4. The number of hydrogen-bond donors (Lipinski definition) is 1. The van der Waals surface area contributed by atoms with E-state index in [1.807, 2.05) is 44.4 Å². The molecule has 0 aliphatic carbocycles. The second-order valence-corrected chi connectivity index (χ2v) is 5.81. The minimum absolute atomic E-state index is 0.662. The molecule has 0 aliphatic rings. The Morgan fingerprint density at radius 3 is 2.48 bits per heavy atom. The van der Waals surface area contributed by atoms with Crippen LogP contribution in [0.1, 0.15) is 5.69 Å². The maximum absolute atomic E-state index is 4.70. The highest BCUT2D eigenvalue weighted by Gasteiger charge is 2.10. The Labute approximate surface area is 145 Å². The van der Waals surface area contributed by atoms with E-state index in [4.69, 9.17) is 4.98 Å². The normalized spacial score (nSPS) is 10.8. The van der Waals surface area contributed by atoms with E-state index in [9.17, 15) is 0 Å². The number of anilines is 1. The summed E-state index contributed by atoms with van der Waals surface area (Å²) in [6.07, 6.45) is 5.40. The van der Waals surface area contributed by atoms with Gasteiger partial charge >= 0.3 is 0 Å². The van der Waals surface area contributed by atoms with Gasteiger partial charge in [0, 0.05) is 47.8 Å². The van der Waals surface area contributed by atoms with Gasteiger partial charge in [-0.15, -0.1) is 0 Å². The predicted octanol–water partition coefficient (Wildman–Crippen LogP) is 4.10. The van der Waals surface area contributed by atoms with Gasteiger partial charge in [0.2, 0.25) is 0 Å². The first-order valence-corrected chi connectivity index (χ1v) is 8.07. The van der Waals surface area contributed by atoms with Gasteiger partial charge in [-0.25, -0.2) is 9.97 Å². The smallest absolute Gasteiger partial charge is 0.163 e. The van der Waals surface area contributed by atoms with Crippen molar-refractivity contribution in [3.05, 3.63) is 66.7 Å². The summed E-state index contributed by atoms with van der Waals surface area (Å²) in [5.41, 5.74) is 4.96. The molecule has 1 N–H and O–H groups in total. The van der Waals surface area contributed by atoms with Crippen LogP contribution < -0.4 is 5.32 Å². The van der Waals surface area contributed by atoms with Gasteiger partial charge in [0.05, 0.1) is 5.52 Å². The van der Waals surface area contributed by atoms with Crippen molar-refractivity contribution in [2.24, 2.45) is 0 Å². The van der Waals surface area contributed by atoms with Crippen LogP contribution in [0.4, 0.5) is 5.82 Å². The summed E-state index contributed by atoms with van der Waals surface area (Å²) >= 11 is 0. The largest absolute Gasteiger partial charge is 0.373 e. The van der Waals surface area contributed by atoms with Gasteiger partial charge in [-0.05, 0) is 42.8 Å². The third-order valence-electron chi connectivity index (χ3n) is 4.10. The molecule has 0 saturated heterocycles. The monoisotopic (exact) mass is 327 g/mol. The van der Waals surface area contributed by atoms with E-state index in [0.29, 0.717) is 5.82 Å². The first kappa shape index (κ1) is 15.2. The number of nitrogens with one attached hydrogen (secondary N) is 1. The fourth-order valence-corrected chi connectivity index (χ4v) is 2.76. The van der Waals surface area contributed by atoms with Crippen LogP contribution in [-0.2, 0) is 0 Å². The molecule has 0 spiro atoms. The molecule has 3 aromatic heterocycles. The number of fused-ring (bicyclic) bond motifs is 1. The van der Waals surface area contributed by atoms with Crippen molar-refractivity contribution < 1.29 is 0 Å². The molecular weight excluding hydrogens is 310 g/mol. The van der Waals surface area contributed by atoms with Crippen molar-refractivity contribution in [1.82, 2.24) is 19.9 Å². The molecule has 4 rings (SSSR count). The lowest BCUT2D eigenvalue weighted by atomic mass is 10.0. The highest BCUT2D eigenvalue weighted by molar-refractivity contribution is 5.93. The van der Waals surface area contributed by atoms with Gasteiger partial charge in [0.15, 0.2) is 5.82 Å². The van der Waals surface area contributed by atoms with Crippen molar-refractivity contribution in [2.45, 2.75) is 6.92 Å². The fourth-order valence-electron chi connectivity index (χ4n) is 2.76. The molecule has 1 aromatic carbocycles. The van der Waals surface area contributed by atoms with Crippen molar-refractivity contribution in [3.63, 3.8) is 0 Å². The zero-order valence-corrected chi connectivity index (χ0v) is 14.1. The van der Waals surface area contributed by atoms with E-state index in [1.54, 1.807) is 12.4 Å². The molecule has 122 valence electrons. The number of rotatable bonds is 3. The third-order valence-corrected chi connectivity index (χ3v) is 4.10. The van der Waals surface area contributed by atoms with Gasteiger partial charge in [0.25, 0.3) is 0 Å². The van der Waals surface area contributed by atoms with E-state index in [2.05, 4.69) is 38.5 Å². The predicted molar refractivity (Wildman–Crippen MR) is 100 cm³/mol. The summed E-state index contributed by atoms with van der Waals surface area (Å²) < 4.78 is 0. The average molecular weight is 327 g/mol. The van der Waals surface area contributed by atoms with Gasteiger partial charge in [-0.2, -0.15) is 0 Å². The fraction of sp³-hybridized carbons (Fsp3) is 0.100. The van der Waals surface area contributed by atoms with Crippen molar-refractivity contribution in [1.29, 1.82) is 0 Å². The van der Waals surface area contributed by atoms with E-state index >= 15 is 0 Å². The lowest BCUT2D eigenvalue weighted by Gasteiger charge is -2.10. The quantitative estimate of drug-likeness (QED) is 0.613. The Hall–Kier alpha value is -3.34. The Kier molecular flexibility index (Phi) is 3.82. The van der Waals surface area contributed by atoms with E-state index in [-0.39, 0.29) is 0 Å². The van der Waals surface area contributed by atoms with Crippen LogP contribution in [0.2, 0.25) is 0 Å². The van der Waals surface area contributed by atoms with E-state index in [0.717, 1.165) is 39.1 Å². The lowest BCUT2D eigenvalue weighted by Crippen LogP contribution is -1.99. The van der Waals surface area contributed by atoms with E-state index in [1.165, 1.54) is 0 Å². The minimum atomic E-state index is 0.662. The highest BCUT2D eigenvalue weighted by atomic mass is 15.0. The number of pyridine rings is 2. The summed E-state index contributed by atoms with van der Waals surface area (Å²) in [7, 11) is 1.87. The number of benzene rings is 1. The molecule has 0 fully saturated rings. The Balaban J connectivity index is 1.86. The van der Waals surface area contributed by atoms with E-state index < -0.39 is 0 Å². The van der Waals surface area contributed by atoms with Crippen LogP contribution in [0, 0.1) is 6.92 Å². The molecule has 0 atom stereocenters. The van der Waals surface area contributed by atoms with Gasteiger partial charge in [-0.1, -0.05) is 12.1 Å². The lowest BCUT2D eigenvalue weighted by molar-refractivity contribution is 1.19. The number of aromatic nitrogens is 4. The topological polar surface area (TPSA) is 63.6 Å². The molecule has 0 bridgehead atoms. The second-order valence-electron chi connectivity index (χ2n) is 5.81. The van der Waals surface area contributed by atoms with Gasteiger partial charge < -0.3 is 5.32 Å². The van der Waals surface area contributed by atoms with Crippen molar-refractivity contribution >= 4 is 16.7 Å². The summed E-state index contributed by atoms with van der Waals surface area (Å²) in [6, 6.07) is 14.1. The molecule has 0 saturated carbocycles. The molecule has 5 nitrogen and oxygen atoms in total.